The highest BCUT2D eigenvalue weighted by Gasteiger charge is 2.34. The van der Waals surface area contributed by atoms with Crippen molar-refractivity contribution in [2.24, 2.45) is 4.99 Å². The van der Waals surface area contributed by atoms with Gasteiger partial charge in [0, 0.05) is 17.5 Å². The number of benzene rings is 3. The summed E-state index contributed by atoms with van der Waals surface area (Å²) in [6.45, 7) is 6.12. The number of amides is 2. The molecule has 0 bridgehead atoms. The molecule has 0 aromatic heterocycles. The SMILES string of the molecule is CC(C)(C)c1ccc2c(c1)NC(=O)C(NC(=O)[C@H](c1ccc(F)cc1)[C@@H](O)c1ccc(F)c(F)c1)N=C2. The van der Waals surface area contributed by atoms with E-state index in [2.05, 4.69) is 15.6 Å². The zero-order valence-electron chi connectivity index (χ0n) is 20.4. The fraction of sp³-hybridized carbons (Fsp3) is 0.250. The molecule has 3 N–H and O–H groups in total. The van der Waals surface area contributed by atoms with Gasteiger partial charge in [0.15, 0.2) is 11.6 Å². The Morgan fingerprint density at radius 2 is 1.65 bits per heavy atom. The van der Waals surface area contributed by atoms with Gasteiger partial charge in [-0.1, -0.05) is 51.1 Å². The maximum atomic E-state index is 13.9. The minimum absolute atomic E-state index is 0.0701. The van der Waals surface area contributed by atoms with Crippen molar-refractivity contribution < 1.29 is 27.9 Å². The second-order valence-electron chi connectivity index (χ2n) is 9.88. The van der Waals surface area contributed by atoms with Crippen molar-refractivity contribution in [1.82, 2.24) is 5.32 Å². The first-order valence-electron chi connectivity index (χ1n) is 11.6. The van der Waals surface area contributed by atoms with Crippen LogP contribution in [0.1, 0.15) is 55.0 Å². The van der Waals surface area contributed by atoms with Crippen molar-refractivity contribution in [2.75, 3.05) is 5.32 Å². The fourth-order valence-corrected chi connectivity index (χ4v) is 4.03. The van der Waals surface area contributed by atoms with Crippen molar-refractivity contribution in [3.63, 3.8) is 0 Å². The summed E-state index contributed by atoms with van der Waals surface area (Å²) in [5.74, 6) is -5.68. The number of halogens is 3. The molecule has 1 aliphatic heterocycles. The number of rotatable bonds is 5. The second kappa shape index (κ2) is 10.2. The van der Waals surface area contributed by atoms with Crippen LogP contribution in [0.4, 0.5) is 18.9 Å². The van der Waals surface area contributed by atoms with Crippen LogP contribution >= 0.6 is 0 Å². The molecule has 4 rings (SSSR count). The molecule has 0 radical (unpaired) electrons. The summed E-state index contributed by atoms with van der Waals surface area (Å²) in [4.78, 5) is 30.6. The maximum absolute atomic E-state index is 13.9. The number of aliphatic hydroxyl groups excluding tert-OH is 1. The molecule has 0 fully saturated rings. The molecule has 1 heterocycles. The molecule has 1 unspecified atom stereocenters. The second-order valence-corrected chi connectivity index (χ2v) is 9.88. The first kappa shape index (κ1) is 26.1. The summed E-state index contributed by atoms with van der Waals surface area (Å²) in [6, 6.07) is 13.2. The molecule has 3 aromatic rings. The molecule has 37 heavy (non-hydrogen) atoms. The Morgan fingerprint density at radius 1 is 0.973 bits per heavy atom. The van der Waals surface area contributed by atoms with Crippen LogP contribution in [0.25, 0.3) is 0 Å². The first-order chi connectivity index (χ1) is 17.4. The molecule has 3 atom stereocenters. The number of nitrogens with zero attached hydrogens (tertiary/aromatic N) is 1. The van der Waals surface area contributed by atoms with Gasteiger partial charge in [-0.15, -0.1) is 0 Å². The predicted octanol–water partition coefficient (Wildman–Crippen LogP) is 4.73. The zero-order chi connectivity index (χ0) is 26.9. The number of nitrogens with one attached hydrogen (secondary N) is 2. The van der Waals surface area contributed by atoms with Crippen LogP contribution in [0.15, 0.2) is 65.7 Å². The molecule has 192 valence electrons. The van der Waals surface area contributed by atoms with Crippen LogP contribution in [0.5, 0.6) is 0 Å². The van der Waals surface area contributed by atoms with Gasteiger partial charge >= 0.3 is 0 Å². The highest BCUT2D eigenvalue weighted by atomic mass is 19.2. The highest BCUT2D eigenvalue weighted by Crippen LogP contribution is 2.33. The van der Waals surface area contributed by atoms with Crippen LogP contribution in [-0.2, 0) is 15.0 Å². The summed E-state index contributed by atoms with van der Waals surface area (Å²) < 4.78 is 40.8. The van der Waals surface area contributed by atoms with E-state index >= 15 is 0 Å². The zero-order valence-corrected chi connectivity index (χ0v) is 20.4. The van der Waals surface area contributed by atoms with E-state index in [4.69, 9.17) is 0 Å². The van der Waals surface area contributed by atoms with Gasteiger partial charge in [-0.2, -0.15) is 0 Å². The van der Waals surface area contributed by atoms with E-state index < -0.39 is 47.5 Å². The molecule has 3 aromatic carbocycles. The summed E-state index contributed by atoms with van der Waals surface area (Å²) in [5.41, 5.74) is 2.15. The van der Waals surface area contributed by atoms with E-state index in [0.717, 1.165) is 35.9 Å². The largest absolute Gasteiger partial charge is 0.387 e. The minimum atomic E-state index is -1.63. The molecule has 2 amide bonds. The Morgan fingerprint density at radius 3 is 2.30 bits per heavy atom. The molecular weight excluding hydrogens is 483 g/mol. The molecule has 0 saturated carbocycles. The van der Waals surface area contributed by atoms with Gasteiger partial charge < -0.3 is 15.7 Å². The van der Waals surface area contributed by atoms with E-state index in [0.29, 0.717) is 11.3 Å². The van der Waals surface area contributed by atoms with Crippen LogP contribution in [0.3, 0.4) is 0 Å². The average Bonchev–Trinajstić information content (AvgIpc) is 2.99. The number of hydrogen-bond acceptors (Lipinski definition) is 4. The average molecular weight is 510 g/mol. The van der Waals surface area contributed by atoms with Gasteiger partial charge in [0.25, 0.3) is 5.91 Å². The number of anilines is 1. The van der Waals surface area contributed by atoms with Gasteiger partial charge in [-0.05, 0) is 52.4 Å². The number of benzodiazepines with no additional fused rings is 1. The topological polar surface area (TPSA) is 90.8 Å². The van der Waals surface area contributed by atoms with Gasteiger partial charge in [0.1, 0.15) is 5.82 Å². The molecule has 0 spiro atoms. The van der Waals surface area contributed by atoms with Gasteiger partial charge in [-0.3, -0.25) is 14.6 Å². The minimum Gasteiger partial charge on any atom is -0.387 e. The lowest BCUT2D eigenvalue weighted by Gasteiger charge is -2.25. The lowest BCUT2D eigenvalue weighted by Crippen LogP contribution is -2.45. The number of aliphatic hydroxyl groups is 1. The molecule has 9 heteroatoms. The van der Waals surface area contributed by atoms with Crippen LogP contribution in [0.2, 0.25) is 0 Å². The number of aliphatic imine (C=N–C) groups is 1. The van der Waals surface area contributed by atoms with Crippen molar-refractivity contribution in [3.05, 3.63) is 100 Å². The van der Waals surface area contributed by atoms with Gasteiger partial charge in [0.2, 0.25) is 12.1 Å². The summed E-state index contributed by atoms with van der Waals surface area (Å²) >= 11 is 0. The summed E-state index contributed by atoms with van der Waals surface area (Å²) in [5, 5.41) is 16.3. The summed E-state index contributed by atoms with van der Waals surface area (Å²) in [6.07, 6.45) is -1.51. The molecular formula is C28H26F3N3O3. The van der Waals surface area contributed by atoms with E-state index in [1.54, 1.807) is 0 Å². The fourth-order valence-electron chi connectivity index (χ4n) is 4.03. The lowest BCUT2D eigenvalue weighted by molar-refractivity contribution is -0.129. The highest BCUT2D eigenvalue weighted by molar-refractivity contribution is 6.05. The molecule has 6 nitrogen and oxygen atoms in total. The normalized spacial score (nSPS) is 16.8. The quantitative estimate of drug-likeness (QED) is 0.465. The van der Waals surface area contributed by atoms with Crippen LogP contribution in [-0.4, -0.2) is 29.3 Å². The Hall–Kier alpha value is -3.98. The number of fused-ring (bicyclic) bond motifs is 1. The molecule has 0 saturated heterocycles. The maximum Gasteiger partial charge on any atom is 0.269 e. The molecule has 1 aliphatic rings. The number of carbonyl (C=O) groups excluding carboxylic acids is 2. The van der Waals surface area contributed by atoms with Gasteiger partial charge in [-0.25, -0.2) is 13.2 Å². The van der Waals surface area contributed by atoms with Crippen LogP contribution < -0.4 is 10.6 Å². The summed E-state index contributed by atoms with van der Waals surface area (Å²) in [7, 11) is 0. The molecule has 0 aliphatic carbocycles. The van der Waals surface area contributed by atoms with E-state index in [1.807, 2.05) is 39.0 Å². The van der Waals surface area contributed by atoms with Gasteiger partial charge in [0.05, 0.1) is 12.0 Å². The van der Waals surface area contributed by atoms with E-state index in [-0.39, 0.29) is 16.5 Å². The Kier molecular flexibility index (Phi) is 7.18. The Balaban J connectivity index is 1.62. The van der Waals surface area contributed by atoms with Crippen LogP contribution in [0, 0.1) is 17.5 Å². The third kappa shape index (κ3) is 5.72. The Bertz CT molecular complexity index is 1370. The number of hydrogen-bond donors (Lipinski definition) is 3. The predicted molar refractivity (Wildman–Crippen MR) is 134 cm³/mol. The smallest absolute Gasteiger partial charge is 0.269 e. The Labute approximate surface area is 212 Å². The first-order valence-corrected chi connectivity index (χ1v) is 11.6. The third-order valence-electron chi connectivity index (χ3n) is 6.18. The third-order valence-corrected chi connectivity index (χ3v) is 6.18. The standard InChI is InChI=1S/C28H26F3N3O3/c1-28(2,3)18-8-4-17-14-32-25(27(37)33-22(17)13-18)34-26(36)23(15-5-9-19(29)10-6-15)24(35)16-7-11-20(30)21(31)12-16/h4-14,23-25,35H,1-3H3,(H,33,37)(H,34,36)/t23-,24+,25?/m1/s1. The van der Waals surface area contributed by atoms with E-state index in [1.165, 1.54) is 18.3 Å². The van der Waals surface area contributed by atoms with Crippen molar-refractivity contribution in [3.8, 4) is 0 Å². The van der Waals surface area contributed by atoms with E-state index in [9.17, 15) is 27.9 Å². The van der Waals surface area contributed by atoms with Crippen molar-refractivity contribution in [2.45, 2.75) is 44.4 Å². The number of carbonyl (C=O) groups is 2. The van der Waals surface area contributed by atoms with Crippen molar-refractivity contribution >= 4 is 23.7 Å². The lowest BCUT2D eigenvalue weighted by atomic mass is 9.86. The monoisotopic (exact) mass is 509 g/mol. The van der Waals surface area contributed by atoms with Crippen molar-refractivity contribution in [1.29, 1.82) is 0 Å².